The van der Waals surface area contributed by atoms with Gasteiger partial charge in [-0.25, -0.2) is 0 Å². The fraction of sp³-hybridized carbons (Fsp3) is 0.556. The van der Waals surface area contributed by atoms with Gasteiger partial charge in [0, 0.05) is 25.5 Å². The minimum atomic E-state index is 1.07. The second-order valence-corrected chi connectivity index (χ2v) is 2.67. The largest absolute Gasteiger partial charge is 0.353 e. The molecule has 0 radical (unpaired) electrons. The third-order valence-electron chi connectivity index (χ3n) is 1.64. The van der Waals surface area contributed by atoms with E-state index in [0.29, 0.717) is 0 Å². The second-order valence-electron chi connectivity index (χ2n) is 2.67. The summed E-state index contributed by atoms with van der Waals surface area (Å²) in [6.45, 7) is 5.46. The van der Waals surface area contributed by atoms with Crippen molar-refractivity contribution >= 4 is 0 Å². The summed E-state index contributed by atoms with van der Waals surface area (Å²) in [5.41, 5.74) is 0. The lowest BCUT2D eigenvalue weighted by molar-refractivity contribution is 0.595. The molecule has 0 aliphatic heterocycles. The average Bonchev–Trinajstić information content (AvgIpc) is 2.50. The lowest BCUT2D eigenvalue weighted by Gasteiger charge is -2.03. The Labute approximate surface area is 68.2 Å². The summed E-state index contributed by atoms with van der Waals surface area (Å²) in [7, 11) is 0. The van der Waals surface area contributed by atoms with Crippen LogP contribution in [0, 0.1) is 0 Å². The van der Waals surface area contributed by atoms with Crippen LogP contribution in [0.4, 0.5) is 0 Å². The van der Waals surface area contributed by atoms with E-state index in [2.05, 4.69) is 41.3 Å². The first kappa shape index (κ1) is 8.34. The van der Waals surface area contributed by atoms with Gasteiger partial charge in [0.1, 0.15) is 0 Å². The van der Waals surface area contributed by atoms with Crippen molar-refractivity contribution in [1.82, 2.24) is 9.88 Å². The zero-order chi connectivity index (χ0) is 7.94. The van der Waals surface area contributed by atoms with Gasteiger partial charge >= 0.3 is 0 Å². The standard InChI is InChI=1S/C9H16N2/c1-2-5-10-6-9-11-7-3-4-8-11/h3-4,7-8,10H,2,5-6,9H2,1H3. The first-order chi connectivity index (χ1) is 5.43. The summed E-state index contributed by atoms with van der Waals surface area (Å²) >= 11 is 0. The normalized spacial score (nSPS) is 10.3. The fourth-order valence-electron chi connectivity index (χ4n) is 1.03. The van der Waals surface area contributed by atoms with E-state index in [4.69, 9.17) is 0 Å². The molecule has 11 heavy (non-hydrogen) atoms. The lowest BCUT2D eigenvalue weighted by atomic mass is 10.5. The van der Waals surface area contributed by atoms with E-state index < -0.39 is 0 Å². The molecule has 0 spiro atoms. The van der Waals surface area contributed by atoms with E-state index in [-0.39, 0.29) is 0 Å². The number of nitrogens with zero attached hydrogens (tertiary/aromatic N) is 1. The van der Waals surface area contributed by atoms with E-state index >= 15 is 0 Å². The number of hydrogen-bond donors (Lipinski definition) is 1. The minimum Gasteiger partial charge on any atom is -0.353 e. The third-order valence-corrected chi connectivity index (χ3v) is 1.64. The lowest BCUT2D eigenvalue weighted by Crippen LogP contribution is -2.19. The molecular weight excluding hydrogens is 136 g/mol. The maximum absolute atomic E-state index is 3.35. The maximum atomic E-state index is 3.35. The number of aromatic nitrogens is 1. The molecule has 2 nitrogen and oxygen atoms in total. The van der Waals surface area contributed by atoms with Crippen LogP contribution >= 0.6 is 0 Å². The van der Waals surface area contributed by atoms with Gasteiger partial charge in [-0.1, -0.05) is 6.92 Å². The monoisotopic (exact) mass is 152 g/mol. The molecular formula is C9H16N2. The van der Waals surface area contributed by atoms with Gasteiger partial charge in [-0.15, -0.1) is 0 Å². The predicted octanol–water partition coefficient (Wildman–Crippen LogP) is 1.49. The molecule has 0 saturated heterocycles. The zero-order valence-electron chi connectivity index (χ0n) is 7.09. The second kappa shape index (κ2) is 4.97. The van der Waals surface area contributed by atoms with Crippen molar-refractivity contribution in [3.63, 3.8) is 0 Å². The summed E-state index contributed by atoms with van der Waals surface area (Å²) < 4.78 is 2.18. The van der Waals surface area contributed by atoms with Crippen LogP contribution in [0.5, 0.6) is 0 Å². The van der Waals surface area contributed by atoms with Gasteiger partial charge in [0.05, 0.1) is 0 Å². The molecule has 1 aromatic heterocycles. The highest BCUT2D eigenvalue weighted by Gasteiger charge is 1.86. The average molecular weight is 152 g/mol. The van der Waals surface area contributed by atoms with E-state index in [1.165, 1.54) is 6.42 Å². The molecule has 0 aliphatic rings. The molecule has 0 atom stereocenters. The van der Waals surface area contributed by atoms with Crippen LogP contribution < -0.4 is 5.32 Å². The molecule has 0 fully saturated rings. The smallest absolute Gasteiger partial charge is 0.0344 e. The molecule has 0 amide bonds. The predicted molar refractivity (Wildman–Crippen MR) is 47.6 cm³/mol. The highest BCUT2D eigenvalue weighted by Crippen LogP contribution is 1.87. The Morgan fingerprint density at radius 2 is 1.91 bits per heavy atom. The molecule has 1 heterocycles. The van der Waals surface area contributed by atoms with Crippen molar-refractivity contribution < 1.29 is 0 Å². The van der Waals surface area contributed by atoms with Crippen LogP contribution in [0.3, 0.4) is 0 Å². The van der Waals surface area contributed by atoms with Gasteiger partial charge in [0.2, 0.25) is 0 Å². The van der Waals surface area contributed by atoms with Gasteiger partial charge in [-0.2, -0.15) is 0 Å². The molecule has 1 N–H and O–H groups in total. The van der Waals surface area contributed by atoms with Gasteiger partial charge in [-0.05, 0) is 25.1 Å². The maximum Gasteiger partial charge on any atom is 0.0344 e. The van der Waals surface area contributed by atoms with Crippen molar-refractivity contribution in [2.75, 3.05) is 13.1 Å². The van der Waals surface area contributed by atoms with Crippen molar-refractivity contribution in [2.24, 2.45) is 0 Å². The number of hydrogen-bond acceptors (Lipinski definition) is 1. The van der Waals surface area contributed by atoms with Gasteiger partial charge < -0.3 is 9.88 Å². The Balaban J connectivity index is 2.04. The molecule has 0 saturated carbocycles. The third kappa shape index (κ3) is 3.23. The SMILES string of the molecule is CCCNCCn1cccc1. The van der Waals surface area contributed by atoms with Crippen LogP contribution in [-0.2, 0) is 6.54 Å². The molecule has 0 bridgehead atoms. The van der Waals surface area contributed by atoms with E-state index in [0.717, 1.165) is 19.6 Å². The molecule has 0 unspecified atom stereocenters. The van der Waals surface area contributed by atoms with Gasteiger partial charge in [0.15, 0.2) is 0 Å². The Hall–Kier alpha value is -0.760. The van der Waals surface area contributed by atoms with Crippen molar-refractivity contribution in [3.8, 4) is 0 Å². The molecule has 62 valence electrons. The van der Waals surface area contributed by atoms with Crippen molar-refractivity contribution in [1.29, 1.82) is 0 Å². The highest BCUT2D eigenvalue weighted by molar-refractivity contribution is 4.90. The first-order valence-electron chi connectivity index (χ1n) is 4.25. The van der Waals surface area contributed by atoms with E-state index in [1.807, 2.05) is 0 Å². The van der Waals surface area contributed by atoms with Crippen LogP contribution in [-0.4, -0.2) is 17.7 Å². The molecule has 1 rings (SSSR count). The van der Waals surface area contributed by atoms with Gasteiger partial charge in [-0.3, -0.25) is 0 Å². The fourth-order valence-corrected chi connectivity index (χ4v) is 1.03. The Bertz CT molecular complexity index is 168. The topological polar surface area (TPSA) is 17.0 Å². The van der Waals surface area contributed by atoms with Crippen molar-refractivity contribution in [3.05, 3.63) is 24.5 Å². The Kier molecular flexibility index (Phi) is 3.76. The van der Waals surface area contributed by atoms with E-state index in [1.54, 1.807) is 0 Å². The Morgan fingerprint density at radius 1 is 1.18 bits per heavy atom. The quantitative estimate of drug-likeness (QED) is 0.632. The highest BCUT2D eigenvalue weighted by atomic mass is 15.0. The summed E-state index contributed by atoms with van der Waals surface area (Å²) in [6, 6.07) is 4.11. The zero-order valence-corrected chi connectivity index (χ0v) is 7.09. The summed E-state index contributed by atoms with van der Waals surface area (Å²) in [5.74, 6) is 0. The Morgan fingerprint density at radius 3 is 2.55 bits per heavy atom. The van der Waals surface area contributed by atoms with Crippen LogP contribution in [0.15, 0.2) is 24.5 Å². The molecule has 0 aromatic carbocycles. The molecule has 1 aromatic rings. The summed E-state index contributed by atoms with van der Waals surface area (Å²) in [4.78, 5) is 0. The minimum absolute atomic E-state index is 1.07. The molecule has 0 aliphatic carbocycles. The number of nitrogens with one attached hydrogen (secondary N) is 1. The van der Waals surface area contributed by atoms with Crippen LogP contribution in [0.1, 0.15) is 13.3 Å². The van der Waals surface area contributed by atoms with Crippen molar-refractivity contribution in [2.45, 2.75) is 19.9 Å². The van der Waals surface area contributed by atoms with Crippen LogP contribution in [0.2, 0.25) is 0 Å². The van der Waals surface area contributed by atoms with E-state index in [9.17, 15) is 0 Å². The number of rotatable bonds is 5. The summed E-state index contributed by atoms with van der Waals surface area (Å²) in [5, 5.41) is 3.35. The van der Waals surface area contributed by atoms with Crippen LogP contribution in [0.25, 0.3) is 0 Å². The first-order valence-corrected chi connectivity index (χ1v) is 4.25. The molecule has 2 heteroatoms. The summed E-state index contributed by atoms with van der Waals surface area (Å²) in [6.07, 6.45) is 5.40. The van der Waals surface area contributed by atoms with Gasteiger partial charge in [0.25, 0.3) is 0 Å².